The maximum absolute atomic E-state index is 13.0. The molecule has 1 fully saturated rings. The molecular formula is C24H25F3N4O2S. The third-order valence-electron chi connectivity index (χ3n) is 6.70. The third-order valence-corrected chi connectivity index (χ3v) is 7.89. The maximum atomic E-state index is 13.0. The number of alkyl halides is 3. The van der Waals surface area contributed by atoms with Crippen molar-refractivity contribution in [2.45, 2.75) is 57.9 Å². The lowest BCUT2D eigenvalue weighted by atomic mass is 10.0. The van der Waals surface area contributed by atoms with Crippen LogP contribution < -0.4 is 10.9 Å². The summed E-state index contributed by atoms with van der Waals surface area (Å²) in [4.78, 5) is 33.7. The van der Waals surface area contributed by atoms with Crippen LogP contribution in [0.3, 0.4) is 0 Å². The van der Waals surface area contributed by atoms with Crippen molar-refractivity contribution in [1.29, 1.82) is 0 Å². The molecule has 1 aromatic carbocycles. The molecular weight excluding hydrogens is 465 g/mol. The van der Waals surface area contributed by atoms with Crippen molar-refractivity contribution in [1.82, 2.24) is 19.8 Å². The monoisotopic (exact) mass is 490 g/mol. The molecule has 0 spiro atoms. The highest BCUT2D eigenvalue weighted by Crippen LogP contribution is 2.31. The van der Waals surface area contributed by atoms with Gasteiger partial charge in [0.2, 0.25) is 0 Å². The Bertz CT molecular complexity index is 1310. The van der Waals surface area contributed by atoms with Gasteiger partial charge in [-0.1, -0.05) is 18.2 Å². The number of nitrogens with one attached hydrogen (secondary N) is 1. The first kappa shape index (κ1) is 23.0. The second kappa shape index (κ2) is 8.81. The molecule has 10 heteroatoms. The smallest absolute Gasteiger partial charge is 0.349 e. The largest absolute Gasteiger partial charge is 0.416 e. The predicted octanol–water partition coefficient (Wildman–Crippen LogP) is 4.13. The van der Waals surface area contributed by atoms with Crippen LogP contribution in [0, 0.1) is 6.92 Å². The Hall–Kier alpha value is -2.72. The fraction of sp³-hybridized carbons (Fsp3) is 0.458. The van der Waals surface area contributed by atoms with Gasteiger partial charge < -0.3 is 5.32 Å². The van der Waals surface area contributed by atoms with Crippen LogP contribution in [0.4, 0.5) is 13.2 Å². The molecule has 0 saturated carbocycles. The number of likely N-dealkylation sites (tertiary alicyclic amines) is 1. The zero-order valence-electron chi connectivity index (χ0n) is 18.7. The maximum Gasteiger partial charge on any atom is 0.416 e. The Labute approximate surface area is 198 Å². The van der Waals surface area contributed by atoms with Crippen LogP contribution in [-0.2, 0) is 25.7 Å². The van der Waals surface area contributed by atoms with E-state index in [2.05, 4.69) is 15.2 Å². The van der Waals surface area contributed by atoms with Crippen LogP contribution in [0.25, 0.3) is 10.2 Å². The summed E-state index contributed by atoms with van der Waals surface area (Å²) in [5.74, 6) is 0.597. The topological polar surface area (TPSA) is 67.2 Å². The van der Waals surface area contributed by atoms with E-state index in [9.17, 15) is 22.8 Å². The molecule has 180 valence electrons. The number of hydrogen-bond acceptors (Lipinski definition) is 5. The van der Waals surface area contributed by atoms with E-state index in [1.54, 1.807) is 17.6 Å². The third kappa shape index (κ3) is 4.36. The van der Waals surface area contributed by atoms with Gasteiger partial charge in [0.15, 0.2) is 0 Å². The molecule has 0 atom stereocenters. The van der Waals surface area contributed by atoms with Gasteiger partial charge in [0.1, 0.15) is 10.7 Å². The summed E-state index contributed by atoms with van der Waals surface area (Å²) < 4.78 is 40.6. The van der Waals surface area contributed by atoms with E-state index in [0.717, 1.165) is 24.7 Å². The Morgan fingerprint density at radius 3 is 2.74 bits per heavy atom. The number of fused-ring (bicyclic) bond motifs is 2. The van der Waals surface area contributed by atoms with Gasteiger partial charge >= 0.3 is 6.18 Å². The number of rotatable bonds is 4. The number of halogens is 3. The molecule has 1 amide bonds. The van der Waals surface area contributed by atoms with Gasteiger partial charge in [0.25, 0.3) is 11.5 Å². The SMILES string of the molecule is Cc1c(C(=O)NC2CCN(Cc3cccc(C(F)(F)F)c3)CC2)sc2nc3n(c(=O)c12)CCC3. The van der Waals surface area contributed by atoms with Crippen LogP contribution in [0.1, 0.15) is 51.4 Å². The van der Waals surface area contributed by atoms with E-state index in [0.29, 0.717) is 65.2 Å². The van der Waals surface area contributed by atoms with Gasteiger partial charge in [-0.2, -0.15) is 13.2 Å². The summed E-state index contributed by atoms with van der Waals surface area (Å²) in [5.41, 5.74) is 0.612. The second-order valence-corrected chi connectivity index (χ2v) is 10.0. The number of piperidine rings is 1. The number of hydrogen-bond donors (Lipinski definition) is 1. The minimum absolute atomic E-state index is 0.0195. The molecule has 3 aromatic rings. The van der Waals surface area contributed by atoms with Crippen molar-refractivity contribution in [3.8, 4) is 0 Å². The number of nitrogens with zero attached hydrogens (tertiary/aromatic N) is 3. The lowest BCUT2D eigenvalue weighted by Gasteiger charge is -2.32. The number of thiophene rings is 1. The lowest BCUT2D eigenvalue weighted by molar-refractivity contribution is -0.137. The number of aryl methyl sites for hydroxylation is 2. The molecule has 0 aliphatic carbocycles. The highest BCUT2D eigenvalue weighted by atomic mass is 32.1. The Morgan fingerprint density at radius 1 is 1.24 bits per heavy atom. The lowest BCUT2D eigenvalue weighted by Crippen LogP contribution is -2.44. The molecule has 2 aliphatic heterocycles. The Kier molecular flexibility index (Phi) is 5.97. The summed E-state index contributed by atoms with van der Waals surface area (Å²) in [6, 6.07) is 5.41. The minimum atomic E-state index is -4.35. The zero-order chi connectivity index (χ0) is 24.0. The Morgan fingerprint density at radius 2 is 2.00 bits per heavy atom. The van der Waals surface area contributed by atoms with Crippen molar-refractivity contribution in [3.05, 3.63) is 62.0 Å². The molecule has 6 nitrogen and oxygen atoms in total. The van der Waals surface area contributed by atoms with E-state index in [4.69, 9.17) is 0 Å². The fourth-order valence-corrected chi connectivity index (χ4v) is 5.98. The van der Waals surface area contributed by atoms with E-state index in [1.807, 2.05) is 0 Å². The van der Waals surface area contributed by atoms with E-state index in [1.165, 1.54) is 23.5 Å². The summed E-state index contributed by atoms with van der Waals surface area (Å²) in [6.45, 7) is 4.29. The highest BCUT2D eigenvalue weighted by Gasteiger charge is 2.31. The molecule has 1 N–H and O–H groups in total. The molecule has 2 aromatic heterocycles. The molecule has 4 heterocycles. The Balaban J connectivity index is 1.22. The summed E-state index contributed by atoms with van der Waals surface area (Å²) in [7, 11) is 0. The molecule has 34 heavy (non-hydrogen) atoms. The van der Waals surface area contributed by atoms with Gasteiger partial charge in [-0.3, -0.25) is 19.1 Å². The van der Waals surface area contributed by atoms with Gasteiger partial charge in [-0.25, -0.2) is 4.98 Å². The number of aromatic nitrogens is 2. The van der Waals surface area contributed by atoms with Gasteiger partial charge in [0, 0.05) is 38.6 Å². The molecule has 5 rings (SSSR count). The van der Waals surface area contributed by atoms with Crippen molar-refractivity contribution >= 4 is 27.5 Å². The van der Waals surface area contributed by atoms with Gasteiger partial charge in [-0.05, 0) is 43.4 Å². The molecule has 0 radical (unpaired) electrons. The van der Waals surface area contributed by atoms with Crippen LogP contribution in [-0.4, -0.2) is 39.5 Å². The summed E-state index contributed by atoms with van der Waals surface area (Å²) >= 11 is 1.27. The van der Waals surface area contributed by atoms with Crippen LogP contribution in [0.5, 0.6) is 0 Å². The molecule has 0 bridgehead atoms. The van der Waals surface area contributed by atoms with Crippen molar-refractivity contribution in [3.63, 3.8) is 0 Å². The average Bonchev–Trinajstić information content (AvgIpc) is 3.40. The van der Waals surface area contributed by atoms with Crippen LogP contribution >= 0.6 is 11.3 Å². The molecule has 1 saturated heterocycles. The van der Waals surface area contributed by atoms with Gasteiger partial charge in [-0.15, -0.1) is 11.3 Å². The quantitative estimate of drug-likeness (QED) is 0.598. The predicted molar refractivity (Wildman–Crippen MR) is 124 cm³/mol. The second-order valence-electron chi connectivity index (χ2n) is 9.05. The summed E-state index contributed by atoms with van der Waals surface area (Å²) in [5, 5.41) is 3.63. The summed E-state index contributed by atoms with van der Waals surface area (Å²) in [6.07, 6.45) is -1.23. The standard InChI is InChI=1S/C24H25F3N4O2S/c1-14-19-22(29-18-6-3-9-31(18)23(19)33)34-20(14)21(32)28-17-7-10-30(11-8-17)13-15-4-2-5-16(12-15)24(25,26)27/h2,4-5,12,17H,3,6-11,13H2,1H3,(H,28,32). The molecule has 2 aliphatic rings. The minimum Gasteiger partial charge on any atom is -0.349 e. The number of carbonyl (C=O) groups excluding carboxylic acids is 1. The van der Waals surface area contributed by atoms with Crippen molar-refractivity contribution < 1.29 is 18.0 Å². The van der Waals surface area contributed by atoms with Crippen molar-refractivity contribution in [2.24, 2.45) is 0 Å². The zero-order valence-corrected chi connectivity index (χ0v) is 19.6. The average molecular weight is 491 g/mol. The first-order valence-corrected chi connectivity index (χ1v) is 12.2. The number of carbonyl (C=O) groups is 1. The van der Waals surface area contributed by atoms with Crippen molar-refractivity contribution in [2.75, 3.05) is 13.1 Å². The fourth-order valence-electron chi connectivity index (χ4n) is 4.88. The molecule has 0 unspecified atom stereocenters. The number of benzene rings is 1. The number of amides is 1. The van der Waals surface area contributed by atoms with Crippen LogP contribution in [0.15, 0.2) is 29.1 Å². The first-order valence-electron chi connectivity index (χ1n) is 11.4. The van der Waals surface area contributed by atoms with E-state index < -0.39 is 11.7 Å². The highest BCUT2D eigenvalue weighted by molar-refractivity contribution is 7.20. The first-order chi connectivity index (χ1) is 16.2. The van der Waals surface area contributed by atoms with Gasteiger partial charge in [0.05, 0.1) is 15.8 Å². The van der Waals surface area contributed by atoms with E-state index >= 15 is 0 Å². The van der Waals surface area contributed by atoms with Crippen LogP contribution in [0.2, 0.25) is 0 Å². The van der Waals surface area contributed by atoms with E-state index in [-0.39, 0.29) is 17.5 Å². The normalized spacial score (nSPS) is 17.3.